The maximum absolute atomic E-state index is 12.0. The van der Waals surface area contributed by atoms with Gasteiger partial charge < -0.3 is 38.9 Å². The van der Waals surface area contributed by atoms with Crippen LogP contribution in [0.25, 0.3) is 22.0 Å². The largest absolute Gasteiger partial charge is 0.493 e. The van der Waals surface area contributed by atoms with Crippen LogP contribution >= 0.6 is 27.5 Å². The van der Waals surface area contributed by atoms with Gasteiger partial charge in [0.1, 0.15) is 0 Å². The number of carbonyl (C=O) groups is 1. The van der Waals surface area contributed by atoms with Crippen LogP contribution in [0.4, 0.5) is 0 Å². The molecule has 4 rings (SSSR count). The van der Waals surface area contributed by atoms with Crippen LogP contribution in [0.5, 0.6) is 23.0 Å². The Hall–Kier alpha value is -3.44. The summed E-state index contributed by atoms with van der Waals surface area (Å²) in [5.74, 6) is 2.12. The van der Waals surface area contributed by atoms with E-state index in [9.17, 15) is 4.79 Å². The lowest BCUT2D eigenvalue weighted by Gasteiger charge is -2.13. The van der Waals surface area contributed by atoms with Gasteiger partial charge in [-0.2, -0.15) is 0 Å². The summed E-state index contributed by atoms with van der Waals surface area (Å²) >= 11 is 9.81. The number of aromatic amines is 1. The summed E-state index contributed by atoms with van der Waals surface area (Å²) < 4.78 is 27.4. The molecular weight excluding hydrogens is 618 g/mol. The summed E-state index contributed by atoms with van der Waals surface area (Å²) in [6, 6.07) is 14.7. The number of aliphatic hydroxyl groups excluding tert-OH is 2. The smallest absolute Gasteiger partial charge is 0.340 e. The van der Waals surface area contributed by atoms with E-state index in [1.807, 2.05) is 36.4 Å². The number of halogens is 2. The molecular formula is C30H33BrClNO8. The van der Waals surface area contributed by atoms with Gasteiger partial charge >= 0.3 is 5.97 Å². The number of rotatable bonds is 12. The second-order valence-corrected chi connectivity index (χ2v) is 9.91. The lowest BCUT2D eigenvalue weighted by atomic mass is 10.0. The molecule has 0 atom stereocenters. The van der Waals surface area contributed by atoms with Gasteiger partial charge in [-0.15, -0.1) is 0 Å². The zero-order valence-corrected chi connectivity index (χ0v) is 25.4. The molecule has 0 unspecified atom stereocenters. The molecule has 1 aromatic heterocycles. The molecule has 9 nitrogen and oxygen atoms in total. The summed E-state index contributed by atoms with van der Waals surface area (Å²) in [4.78, 5) is 15.0. The molecule has 3 aromatic carbocycles. The third-order valence-corrected chi connectivity index (χ3v) is 6.70. The first-order valence-corrected chi connectivity index (χ1v) is 13.9. The number of esters is 1. The number of hydrogen-bond acceptors (Lipinski definition) is 8. The van der Waals surface area contributed by atoms with Crippen molar-refractivity contribution in [3.05, 3.63) is 69.8 Å². The van der Waals surface area contributed by atoms with E-state index in [-0.39, 0.29) is 13.2 Å². The van der Waals surface area contributed by atoms with Gasteiger partial charge in [0.15, 0.2) is 23.0 Å². The number of benzene rings is 3. The Labute approximate surface area is 252 Å². The van der Waals surface area contributed by atoms with Crippen LogP contribution in [-0.4, -0.2) is 68.9 Å². The van der Waals surface area contributed by atoms with Crippen molar-refractivity contribution in [1.82, 2.24) is 4.98 Å². The van der Waals surface area contributed by atoms with Gasteiger partial charge in [-0.1, -0.05) is 33.6 Å². The quantitative estimate of drug-likeness (QED) is 0.121. The zero-order valence-electron chi connectivity index (χ0n) is 23.0. The van der Waals surface area contributed by atoms with Crippen LogP contribution in [-0.2, 0) is 4.74 Å². The minimum atomic E-state index is -0.417. The van der Waals surface area contributed by atoms with E-state index in [4.69, 9.17) is 45.5 Å². The van der Waals surface area contributed by atoms with Gasteiger partial charge in [-0.25, -0.2) is 4.79 Å². The Morgan fingerprint density at radius 1 is 0.854 bits per heavy atom. The molecule has 0 bridgehead atoms. The summed E-state index contributed by atoms with van der Waals surface area (Å²) in [5, 5.41) is 18.7. The third-order valence-electron chi connectivity index (χ3n) is 5.90. The standard InChI is InChI=1S/C20H20ClNO5.C10H13BrO3/c1-25-19-8-12(4-5-18(19)27-7-3-6-23)13-9-14-15(20(24)26-2)11-22-17(14)10-16(13)21;1-13-10-7-8(11)3-4-9(10)14-6-2-5-12/h4-5,8-11,22-23H,3,6-7H2,1-2H3;3-4,7,12H,2,5-6H2,1H3. The molecule has 41 heavy (non-hydrogen) atoms. The molecule has 0 amide bonds. The Bertz CT molecular complexity index is 1440. The normalized spacial score (nSPS) is 10.5. The Morgan fingerprint density at radius 2 is 1.46 bits per heavy atom. The summed E-state index contributed by atoms with van der Waals surface area (Å²) in [7, 11) is 4.50. The molecule has 3 N–H and O–H groups in total. The lowest BCUT2D eigenvalue weighted by molar-refractivity contribution is 0.0603. The highest BCUT2D eigenvalue weighted by Gasteiger charge is 2.16. The first-order valence-electron chi connectivity index (χ1n) is 12.7. The average Bonchev–Trinajstić information content (AvgIpc) is 3.40. The molecule has 0 aliphatic carbocycles. The number of hydrogen-bond donors (Lipinski definition) is 3. The van der Waals surface area contributed by atoms with Gasteiger partial charge in [0.05, 0.1) is 45.1 Å². The monoisotopic (exact) mass is 649 g/mol. The van der Waals surface area contributed by atoms with Gasteiger partial charge in [-0.3, -0.25) is 0 Å². The maximum atomic E-state index is 12.0. The molecule has 0 fully saturated rings. The fraction of sp³-hybridized carbons (Fsp3) is 0.300. The van der Waals surface area contributed by atoms with Crippen molar-refractivity contribution in [1.29, 1.82) is 0 Å². The molecule has 4 aromatic rings. The van der Waals surface area contributed by atoms with E-state index in [1.165, 1.54) is 7.11 Å². The van der Waals surface area contributed by atoms with Gasteiger partial charge in [0, 0.05) is 53.2 Å². The molecule has 0 aliphatic rings. The topological polar surface area (TPSA) is 119 Å². The molecule has 0 radical (unpaired) electrons. The number of H-pyrrole nitrogens is 1. The summed E-state index contributed by atoms with van der Waals surface area (Å²) in [6.45, 7) is 1.09. The van der Waals surface area contributed by atoms with Crippen LogP contribution in [0.1, 0.15) is 23.2 Å². The van der Waals surface area contributed by atoms with Gasteiger partial charge in [-0.05, 0) is 48.0 Å². The first-order chi connectivity index (χ1) is 19.9. The highest BCUT2D eigenvalue weighted by atomic mass is 79.9. The minimum Gasteiger partial charge on any atom is -0.493 e. The van der Waals surface area contributed by atoms with Gasteiger partial charge in [0.2, 0.25) is 0 Å². The fourth-order valence-electron chi connectivity index (χ4n) is 3.85. The fourth-order valence-corrected chi connectivity index (χ4v) is 4.46. The van der Waals surface area contributed by atoms with Crippen molar-refractivity contribution in [2.24, 2.45) is 0 Å². The van der Waals surface area contributed by atoms with Crippen LogP contribution < -0.4 is 18.9 Å². The number of nitrogens with one attached hydrogen (secondary N) is 1. The Morgan fingerprint density at radius 3 is 2.05 bits per heavy atom. The predicted molar refractivity (Wildman–Crippen MR) is 162 cm³/mol. The molecule has 0 spiro atoms. The van der Waals surface area contributed by atoms with Crippen molar-refractivity contribution < 1.29 is 38.7 Å². The van der Waals surface area contributed by atoms with Crippen molar-refractivity contribution >= 4 is 44.4 Å². The number of carbonyl (C=O) groups excluding carboxylic acids is 1. The third kappa shape index (κ3) is 8.53. The Kier molecular flexibility index (Phi) is 12.6. The molecule has 1 heterocycles. The SMILES string of the molecule is COC(=O)c1c[nH]c2cc(Cl)c(-c3ccc(OCCCO)c(OC)c3)cc12.COc1cc(Br)ccc1OCCCO. The van der Waals surface area contributed by atoms with Crippen LogP contribution in [0.2, 0.25) is 5.02 Å². The van der Waals surface area contributed by atoms with E-state index in [0.29, 0.717) is 59.6 Å². The van der Waals surface area contributed by atoms with E-state index < -0.39 is 5.97 Å². The highest BCUT2D eigenvalue weighted by Crippen LogP contribution is 2.38. The van der Waals surface area contributed by atoms with Gasteiger partial charge in [0.25, 0.3) is 0 Å². The maximum Gasteiger partial charge on any atom is 0.340 e. The van der Waals surface area contributed by atoms with E-state index in [1.54, 1.807) is 32.5 Å². The predicted octanol–water partition coefficient (Wildman–Crippen LogP) is 6.26. The van der Waals surface area contributed by atoms with Crippen molar-refractivity contribution in [2.75, 3.05) is 47.8 Å². The number of aliphatic hydroxyl groups is 2. The van der Waals surface area contributed by atoms with E-state index >= 15 is 0 Å². The number of fused-ring (bicyclic) bond motifs is 1. The molecule has 0 saturated heterocycles. The van der Waals surface area contributed by atoms with E-state index in [0.717, 1.165) is 26.5 Å². The summed E-state index contributed by atoms with van der Waals surface area (Å²) in [6.07, 6.45) is 2.77. The van der Waals surface area contributed by atoms with Crippen molar-refractivity contribution in [3.63, 3.8) is 0 Å². The van der Waals surface area contributed by atoms with Crippen LogP contribution in [0, 0.1) is 0 Å². The molecule has 0 aliphatic heterocycles. The second-order valence-electron chi connectivity index (χ2n) is 8.58. The molecule has 11 heteroatoms. The number of methoxy groups -OCH3 is 3. The second kappa shape index (κ2) is 16.1. The van der Waals surface area contributed by atoms with Crippen molar-refractivity contribution in [3.8, 4) is 34.1 Å². The molecule has 0 saturated carbocycles. The van der Waals surface area contributed by atoms with Crippen LogP contribution in [0.15, 0.2) is 59.2 Å². The molecule has 220 valence electrons. The Balaban J connectivity index is 0.000000278. The first kappa shape index (κ1) is 32.1. The number of aromatic nitrogens is 1. The van der Waals surface area contributed by atoms with Crippen LogP contribution in [0.3, 0.4) is 0 Å². The average molecular weight is 651 g/mol. The minimum absolute atomic E-state index is 0.0647. The zero-order chi connectivity index (χ0) is 29.8. The lowest BCUT2D eigenvalue weighted by Crippen LogP contribution is -2.01. The number of ether oxygens (including phenoxy) is 5. The van der Waals surface area contributed by atoms with Crippen molar-refractivity contribution in [2.45, 2.75) is 12.8 Å². The van der Waals surface area contributed by atoms with E-state index in [2.05, 4.69) is 20.9 Å². The summed E-state index contributed by atoms with van der Waals surface area (Å²) in [5.41, 5.74) is 2.78. The highest BCUT2D eigenvalue weighted by molar-refractivity contribution is 9.10.